The quantitative estimate of drug-likeness (QED) is 0.0331. The Balaban J connectivity index is 1.19. The van der Waals surface area contributed by atoms with Gasteiger partial charge in [0.15, 0.2) is 22.7 Å². The van der Waals surface area contributed by atoms with Crippen molar-refractivity contribution in [3.8, 4) is 0 Å². The highest BCUT2D eigenvalue weighted by Crippen LogP contribution is 2.41. The lowest BCUT2D eigenvalue weighted by Gasteiger charge is -2.49. The van der Waals surface area contributed by atoms with Gasteiger partial charge in [-0.15, -0.1) is 40.0 Å². The van der Waals surface area contributed by atoms with Crippen molar-refractivity contribution < 1.29 is 49.2 Å². The van der Waals surface area contributed by atoms with E-state index < -0.39 is 64.9 Å². The lowest BCUT2D eigenvalue weighted by Crippen LogP contribution is -2.71. The number of aryl methyl sites for hydroxylation is 1. The first-order chi connectivity index (χ1) is 23.3. The highest BCUT2D eigenvalue weighted by Gasteiger charge is 2.54. The molecule has 3 aromatic rings. The van der Waals surface area contributed by atoms with E-state index in [-0.39, 0.29) is 39.5 Å². The van der Waals surface area contributed by atoms with Crippen LogP contribution in [0.25, 0.3) is 5.78 Å². The minimum Gasteiger partial charge on any atom is -0.477 e. The number of aromatic carboxylic acids is 1. The molecule has 0 aliphatic carbocycles. The molecule has 0 aromatic carbocycles. The molecule has 3 aliphatic heterocycles. The van der Waals surface area contributed by atoms with Gasteiger partial charge in [-0.25, -0.2) is 19.6 Å². The van der Waals surface area contributed by atoms with Crippen LogP contribution in [-0.4, -0.2) is 127 Å². The predicted molar refractivity (Wildman–Crippen MR) is 171 cm³/mol. The molecule has 6 heterocycles. The molecule has 0 bridgehead atoms. The summed E-state index contributed by atoms with van der Waals surface area (Å²) in [5.41, 5.74) is 5.53. The first-order valence-corrected chi connectivity index (χ1v) is 16.7. The molecule has 0 radical (unpaired) electrons. The number of nitrogens with two attached hydrogens (primary N) is 1. The van der Waals surface area contributed by atoms with Crippen LogP contribution in [-0.2, 0) is 24.0 Å². The summed E-state index contributed by atoms with van der Waals surface area (Å²) in [7, 11) is 0. The number of oxime groups is 1. The maximum absolute atomic E-state index is 13.4. The summed E-state index contributed by atoms with van der Waals surface area (Å²) in [6.07, 6.45) is -1.67. The van der Waals surface area contributed by atoms with Crippen LogP contribution in [0.1, 0.15) is 22.0 Å². The molecule has 3 aromatic heterocycles. The van der Waals surface area contributed by atoms with Crippen molar-refractivity contribution in [3.05, 3.63) is 51.7 Å². The predicted octanol–water partition coefficient (Wildman–Crippen LogP) is -1.36. The van der Waals surface area contributed by atoms with Crippen LogP contribution in [0.2, 0.25) is 0 Å². The van der Waals surface area contributed by atoms with E-state index in [1.807, 2.05) is 0 Å². The summed E-state index contributed by atoms with van der Waals surface area (Å²) in [6, 6.07) is 0.461. The summed E-state index contributed by atoms with van der Waals surface area (Å²) in [5, 5.41) is 50.4. The van der Waals surface area contributed by atoms with Crippen LogP contribution in [0.3, 0.4) is 0 Å². The van der Waals surface area contributed by atoms with Gasteiger partial charge >= 0.3 is 11.9 Å². The highest BCUT2D eigenvalue weighted by molar-refractivity contribution is 8.01. The number of nitrogens with zero attached hydrogens (tertiary/aromatic N) is 8. The highest BCUT2D eigenvalue weighted by atomic mass is 32.2. The standard InChI is InChI=1S/C26H22N10O10S3/c1-8-2-14(36-26(29-8)32-18(33-36)23(43)44)47-5-9-6-48-21-16(20(40)35(21)17(9)22(41)42)31-19(39)15(11-7-49-25(27)30-11)34-46-24(45)10-3-12(37)13(38)4-28-10/h2-4,7,13,16,21,24,38,45H,5-6H2,1H3,(H2,27,30)(H,31,39)(H,41,42)(H,43,44)/b34-15-/t13?,16-,21-,24?/m1/s1. The third-order valence-corrected chi connectivity index (χ3v) is 10.0. The van der Waals surface area contributed by atoms with Crippen LogP contribution < -0.4 is 11.1 Å². The topological polar surface area (TPSA) is 297 Å². The summed E-state index contributed by atoms with van der Waals surface area (Å²) in [5.74, 6) is -5.28. The van der Waals surface area contributed by atoms with Gasteiger partial charge in [0, 0.05) is 34.9 Å². The van der Waals surface area contributed by atoms with Crippen LogP contribution in [0.5, 0.6) is 0 Å². The molecule has 0 saturated carbocycles. The molecule has 4 atom stereocenters. The number of thiazole rings is 1. The molecule has 1 fully saturated rings. The van der Waals surface area contributed by atoms with E-state index in [1.165, 1.54) is 21.7 Å². The van der Waals surface area contributed by atoms with Crippen LogP contribution >= 0.6 is 34.9 Å². The maximum Gasteiger partial charge on any atom is 0.375 e. The number of aromatic nitrogens is 5. The normalized spacial score (nSPS) is 21.3. The molecule has 6 rings (SSSR count). The van der Waals surface area contributed by atoms with Gasteiger partial charge in [0.05, 0.1) is 0 Å². The number of β-lactam (4-membered cyclic amide) rings is 1. The molecule has 0 spiro atoms. The van der Waals surface area contributed by atoms with Crippen molar-refractivity contribution in [2.24, 2.45) is 10.1 Å². The number of amides is 2. The number of aliphatic hydroxyl groups excluding tert-OH is 2. The van der Waals surface area contributed by atoms with Gasteiger partial charge in [-0.2, -0.15) is 9.50 Å². The number of hydrogen-bond acceptors (Lipinski definition) is 18. The smallest absolute Gasteiger partial charge is 0.375 e. The van der Waals surface area contributed by atoms with Crippen LogP contribution in [0, 0.1) is 6.92 Å². The number of carbonyl (C=O) groups is 5. The van der Waals surface area contributed by atoms with E-state index in [4.69, 9.17) is 10.6 Å². The summed E-state index contributed by atoms with van der Waals surface area (Å²) < 4.78 is 1.24. The number of nitrogen functional groups attached to an aromatic ring is 1. The Kier molecular flexibility index (Phi) is 9.17. The zero-order valence-electron chi connectivity index (χ0n) is 24.7. The number of ketones is 1. The lowest BCUT2D eigenvalue weighted by atomic mass is 10.0. The second kappa shape index (κ2) is 13.3. The Morgan fingerprint density at radius 3 is 2.67 bits per heavy atom. The Labute approximate surface area is 285 Å². The number of anilines is 1. The Hall–Kier alpha value is -5.23. The number of hydrogen-bond donors (Lipinski definition) is 6. The molecule has 49 heavy (non-hydrogen) atoms. The molecule has 2 amide bonds. The zero-order chi connectivity index (χ0) is 35.1. The number of carboxylic acid groups (broad SMARTS) is 2. The minimum absolute atomic E-state index is 0.0552. The second-order valence-corrected chi connectivity index (χ2v) is 13.2. The number of carboxylic acids is 2. The SMILES string of the molecule is Cc1cc(SCC2=C(C(=O)O)N3C(=O)[C@@H](NC(=O)/C(=N\OC(O)C4=CC(=O)C(O)C=N4)c4csc(N)n4)[C@H]3SC2)n2nc(C(=O)O)nc2n1. The van der Waals surface area contributed by atoms with Crippen molar-refractivity contribution in [1.82, 2.24) is 34.8 Å². The van der Waals surface area contributed by atoms with Gasteiger partial charge in [0.2, 0.25) is 0 Å². The van der Waals surface area contributed by atoms with Crippen LogP contribution in [0.4, 0.5) is 5.13 Å². The lowest BCUT2D eigenvalue weighted by molar-refractivity contribution is -0.150. The van der Waals surface area contributed by atoms with Gasteiger partial charge < -0.3 is 36.3 Å². The minimum atomic E-state index is -1.92. The van der Waals surface area contributed by atoms with Crippen molar-refractivity contribution in [2.45, 2.75) is 35.8 Å². The van der Waals surface area contributed by atoms with Crippen molar-refractivity contribution in [2.75, 3.05) is 17.2 Å². The number of carbonyl (C=O) groups excluding carboxylic acids is 3. The molecular weight excluding hydrogens is 709 g/mol. The maximum atomic E-state index is 13.4. The third-order valence-electron chi connectivity index (χ3n) is 6.95. The summed E-state index contributed by atoms with van der Waals surface area (Å²) in [4.78, 5) is 84.1. The van der Waals surface area contributed by atoms with Gasteiger partial charge in [0.25, 0.3) is 29.7 Å². The average molecular weight is 731 g/mol. The molecule has 1 saturated heterocycles. The van der Waals surface area contributed by atoms with E-state index >= 15 is 0 Å². The van der Waals surface area contributed by atoms with Crippen LogP contribution in [0.15, 0.2) is 49.7 Å². The third kappa shape index (κ3) is 6.60. The fourth-order valence-corrected chi connectivity index (χ4v) is 7.79. The number of aliphatic carboxylic acids is 1. The molecule has 7 N–H and O–H groups in total. The Morgan fingerprint density at radius 2 is 2.00 bits per heavy atom. The zero-order valence-corrected chi connectivity index (χ0v) is 27.1. The van der Waals surface area contributed by atoms with Gasteiger partial charge in [-0.05, 0) is 18.6 Å². The second-order valence-electron chi connectivity index (χ2n) is 10.3. The Bertz CT molecular complexity index is 2060. The number of aliphatic imine (C=N–C) groups is 1. The first-order valence-electron chi connectivity index (χ1n) is 13.7. The number of aliphatic hydroxyl groups is 2. The van der Waals surface area contributed by atoms with Crippen molar-refractivity contribution >= 4 is 87.2 Å². The first kappa shape index (κ1) is 33.7. The number of thioether (sulfide) groups is 2. The number of fused-ring (bicyclic) bond motifs is 2. The van der Waals surface area contributed by atoms with Gasteiger partial charge in [0.1, 0.15) is 33.5 Å². The van der Waals surface area contributed by atoms with E-state index in [1.54, 1.807) is 13.0 Å². The molecule has 23 heteroatoms. The molecule has 3 aliphatic rings. The number of rotatable bonds is 11. The van der Waals surface area contributed by atoms with Crippen molar-refractivity contribution in [3.63, 3.8) is 0 Å². The largest absolute Gasteiger partial charge is 0.477 e. The fraction of sp³-hybridized carbons (Fsp3) is 0.269. The van der Waals surface area contributed by atoms with E-state index in [0.29, 0.717) is 16.3 Å². The molecule has 2 unspecified atom stereocenters. The molecular formula is C26H22N10O10S3. The van der Waals surface area contributed by atoms with E-state index in [0.717, 1.165) is 40.3 Å². The van der Waals surface area contributed by atoms with Crippen molar-refractivity contribution in [1.29, 1.82) is 0 Å². The summed E-state index contributed by atoms with van der Waals surface area (Å²) >= 11 is 3.33. The number of nitrogens with one attached hydrogen (secondary N) is 1. The molecule has 254 valence electrons. The summed E-state index contributed by atoms with van der Waals surface area (Å²) in [6.45, 7) is 1.68. The average Bonchev–Trinajstić information content (AvgIpc) is 3.69. The molecule has 20 nitrogen and oxygen atoms in total. The van der Waals surface area contributed by atoms with Gasteiger partial charge in [-0.1, -0.05) is 5.16 Å². The Morgan fingerprint density at radius 1 is 1.22 bits per heavy atom. The van der Waals surface area contributed by atoms with E-state index in [9.17, 15) is 44.4 Å². The fourth-order valence-electron chi connectivity index (χ4n) is 4.70. The monoisotopic (exact) mass is 730 g/mol. The van der Waals surface area contributed by atoms with Gasteiger partial charge in [-0.3, -0.25) is 24.3 Å². The van der Waals surface area contributed by atoms with E-state index in [2.05, 4.69) is 35.5 Å².